The number of hydrogen-bond donors (Lipinski definition) is 1. The van der Waals surface area contributed by atoms with Crippen molar-refractivity contribution in [1.29, 1.82) is 0 Å². The van der Waals surface area contributed by atoms with E-state index in [-0.39, 0.29) is 17.8 Å². The van der Waals surface area contributed by atoms with Crippen LogP contribution in [0.2, 0.25) is 5.02 Å². The first-order chi connectivity index (χ1) is 13.7. The summed E-state index contributed by atoms with van der Waals surface area (Å²) in [6.07, 6.45) is 1.30. The summed E-state index contributed by atoms with van der Waals surface area (Å²) in [5.41, 5.74) is 2.22. The molecule has 9 heteroatoms. The Bertz CT molecular complexity index is 1110. The summed E-state index contributed by atoms with van der Waals surface area (Å²) >= 11 is 6.10. The van der Waals surface area contributed by atoms with Gasteiger partial charge in [-0.3, -0.25) is 9.10 Å². The van der Waals surface area contributed by atoms with Gasteiger partial charge in [-0.25, -0.2) is 0 Å². The molecule has 0 saturated heterocycles. The Balaban J connectivity index is 1.91. The molecule has 0 spiro atoms. The van der Waals surface area contributed by atoms with Crippen LogP contribution < -0.4 is 10.1 Å². The lowest BCUT2D eigenvalue weighted by Gasteiger charge is -2.24. The highest BCUT2D eigenvalue weighted by molar-refractivity contribution is 7.88. The number of carbonyl (C=O) groups is 1. The van der Waals surface area contributed by atoms with Crippen molar-refractivity contribution in [3.8, 4) is 5.75 Å². The quantitative estimate of drug-likeness (QED) is 0.778. The van der Waals surface area contributed by atoms with E-state index in [1.54, 1.807) is 31.2 Å². The lowest BCUT2D eigenvalue weighted by Crippen LogP contribution is -2.32. The summed E-state index contributed by atoms with van der Waals surface area (Å²) < 4.78 is 34.9. The average molecular weight is 434 g/mol. The molecular weight excluding hydrogens is 414 g/mol. The third kappa shape index (κ3) is 4.60. The number of hydrogen-bond acceptors (Lipinski definition) is 4. The van der Waals surface area contributed by atoms with Gasteiger partial charge < -0.3 is 10.1 Å². The molecule has 0 fully saturated rings. The van der Waals surface area contributed by atoms with E-state index >= 15 is 0 Å². The Morgan fingerprint density at radius 1 is 1.21 bits per heavy atom. The number of nitrogens with one attached hydrogen (secondary N) is 1. The van der Waals surface area contributed by atoms with Crippen molar-refractivity contribution >= 4 is 39.1 Å². The standard InChI is InChI=1S/C20H20ClN3O4S/c1-13-9-18(19(28-3)10-17(13)21)22-20(25)16-12-24(29(26,27)23-14(16)2)11-15-7-5-4-6-8-15/h4-10,12H,11H2,1-3H3,(H,22,25). The van der Waals surface area contributed by atoms with Crippen molar-refractivity contribution in [1.82, 2.24) is 4.31 Å². The van der Waals surface area contributed by atoms with E-state index in [1.165, 1.54) is 20.2 Å². The van der Waals surface area contributed by atoms with Crippen molar-refractivity contribution < 1.29 is 17.9 Å². The fraction of sp³-hybridized carbons (Fsp3) is 0.200. The zero-order chi connectivity index (χ0) is 21.2. The molecule has 0 aliphatic carbocycles. The zero-order valence-electron chi connectivity index (χ0n) is 16.1. The number of methoxy groups -OCH3 is 1. The zero-order valence-corrected chi connectivity index (χ0v) is 17.7. The van der Waals surface area contributed by atoms with Gasteiger partial charge in [0.2, 0.25) is 0 Å². The van der Waals surface area contributed by atoms with Gasteiger partial charge in [-0.2, -0.15) is 8.42 Å². The highest BCUT2D eigenvalue weighted by atomic mass is 35.5. The number of anilines is 1. The van der Waals surface area contributed by atoms with Crippen molar-refractivity contribution in [2.24, 2.45) is 4.40 Å². The number of nitrogens with zero attached hydrogens (tertiary/aromatic N) is 2. The van der Waals surface area contributed by atoms with Gasteiger partial charge in [0.25, 0.3) is 5.91 Å². The molecule has 1 heterocycles. The minimum Gasteiger partial charge on any atom is -0.495 e. The molecule has 29 heavy (non-hydrogen) atoms. The summed E-state index contributed by atoms with van der Waals surface area (Å²) in [5, 5.41) is 3.26. The molecule has 3 rings (SSSR count). The predicted molar refractivity (Wildman–Crippen MR) is 113 cm³/mol. The predicted octanol–water partition coefficient (Wildman–Crippen LogP) is 3.70. The van der Waals surface area contributed by atoms with Crippen LogP contribution in [0.25, 0.3) is 0 Å². The molecular formula is C20H20ClN3O4S. The second-order valence-electron chi connectivity index (χ2n) is 6.48. The molecule has 1 aliphatic rings. The monoisotopic (exact) mass is 433 g/mol. The van der Waals surface area contributed by atoms with Crippen molar-refractivity contribution in [3.05, 3.63) is 70.4 Å². The van der Waals surface area contributed by atoms with E-state index in [9.17, 15) is 13.2 Å². The molecule has 1 N–H and O–H groups in total. The Labute approximate surface area is 174 Å². The van der Waals surface area contributed by atoms with E-state index < -0.39 is 16.1 Å². The van der Waals surface area contributed by atoms with E-state index in [1.807, 2.05) is 18.2 Å². The number of halogens is 1. The number of carbonyl (C=O) groups excluding carboxylic acids is 1. The molecule has 152 valence electrons. The Kier molecular flexibility index (Phi) is 5.95. The summed E-state index contributed by atoms with van der Waals surface area (Å²) in [4.78, 5) is 12.9. The van der Waals surface area contributed by atoms with Crippen LogP contribution in [-0.2, 0) is 21.5 Å². The fourth-order valence-electron chi connectivity index (χ4n) is 2.81. The number of aryl methyl sites for hydroxylation is 1. The molecule has 2 aromatic carbocycles. The molecule has 2 aromatic rings. The highest BCUT2D eigenvalue weighted by Gasteiger charge is 2.28. The molecule has 0 radical (unpaired) electrons. The Morgan fingerprint density at radius 3 is 2.55 bits per heavy atom. The van der Waals surface area contributed by atoms with Crippen LogP contribution in [0.15, 0.2) is 58.6 Å². The van der Waals surface area contributed by atoms with Crippen LogP contribution in [-0.4, -0.2) is 31.5 Å². The molecule has 0 bridgehead atoms. The minimum atomic E-state index is -3.91. The molecule has 0 aromatic heterocycles. The van der Waals surface area contributed by atoms with Crippen LogP contribution in [0.5, 0.6) is 5.75 Å². The van der Waals surface area contributed by atoms with Gasteiger partial charge in [-0.15, -0.1) is 4.40 Å². The highest BCUT2D eigenvalue weighted by Crippen LogP contribution is 2.31. The lowest BCUT2D eigenvalue weighted by molar-refractivity contribution is -0.112. The number of benzene rings is 2. The molecule has 0 saturated carbocycles. The maximum Gasteiger partial charge on any atom is 0.344 e. The summed E-state index contributed by atoms with van der Waals surface area (Å²) in [6, 6.07) is 12.4. The third-order valence-electron chi connectivity index (χ3n) is 4.37. The van der Waals surface area contributed by atoms with Gasteiger partial charge in [-0.05, 0) is 31.0 Å². The van der Waals surface area contributed by atoms with Crippen molar-refractivity contribution in [2.75, 3.05) is 12.4 Å². The number of amides is 1. The second-order valence-corrected chi connectivity index (χ2v) is 8.44. The largest absolute Gasteiger partial charge is 0.495 e. The Hall–Kier alpha value is -2.84. The summed E-state index contributed by atoms with van der Waals surface area (Å²) in [7, 11) is -2.44. The van der Waals surface area contributed by atoms with Gasteiger partial charge in [0.1, 0.15) is 5.75 Å². The molecule has 1 aliphatic heterocycles. The molecule has 7 nitrogen and oxygen atoms in total. The number of ether oxygens (including phenoxy) is 1. The van der Waals surface area contributed by atoms with Gasteiger partial charge in [0, 0.05) is 17.3 Å². The first kappa shape index (κ1) is 20.9. The van der Waals surface area contributed by atoms with E-state index in [2.05, 4.69) is 9.71 Å². The maximum atomic E-state index is 12.9. The van der Waals surface area contributed by atoms with Crippen LogP contribution in [0.1, 0.15) is 18.1 Å². The average Bonchev–Trinajstić information content (AvgIpc) is 2.67. The summed E-state index contributed by atoms with van der Waals surface area (Å²) in [6.45, 7) is 3.35. The van der Waals surface area contributed by atoms with E-state index in [0.29, 0.717) is 16.5 Å². The van der Waals surface area contributed by atoms with E-state index in [4.69, 9.17) is 16.3 Å². The molecule has 1 amide bonds. The first-order valence-electron chi connectivity index (χ1n) is 8.71. The molecule has 0 unspecified atom stereocenters. The van der Waals surface area contributed by atoms with Gasteiger partial charge in [0.15, 0.2) is 0 Å². The van der Waals surface area contributed by atoms with Crippen LogP contribution in [0, 0.1) is 6.92 Å². The van der Waals surface area contributed by atoms with Crippen LogP contribution >= 0.6 is 11.6 Å². The van der Waals surface area contributed by atoms with Crippen molar-refractivity contribution in [3.63, 3.8) is 0 Å². The van der Waals surface area contributed by atoms with Gasteiger partial charge >= 0.3 is 10.2 Å². The lowest BCUT2D eigenvalue weighted by atomic mass is 10.1. The SMILES string of the molecule is COc1cc(Cl)c(C)cc1NC(=O)C1=CN(Cc2ccccc2)S(=O)(=O)N=C1C. The Morgan fingerprint density at radius 2 is 1.90 bits per heavy atom. The minimum absolute atomic E-state index is 0.0696. The summed E-state index contributed by atoms with van der Waals surface area (Å²) in [5.74, 6) is -0.104. The topological polar surface area (TPSA) is 88.1 Å². The maximum absolute atomic E-state index is 12.9. The number of rotatable bonds is 5. The van der Waals surface area contributed by atoms with Gasteiger partial charge in [0.05, 0.1) is 30.6 Å². The van der Waals surface area contributed by atoms with Gasteiger partial charge in [-0.1, -0.05) is 41.9 Å². The third-order valence-corrected chi connectivity index (χ3v) is 6.11. The van der Waals surface area contributed by atoms with Crippen LogP contribution in [0.3, 0.4) is 0 Å². The first-order valence-corrected chi connectivity index (χ1v) is 10.5. The van der Waals surface area contributed by atoms with Crippen LogP contribution in [0.4, 0.5) is 5.69 Å². The molecule has 0 atom stereocenters. The fourth-order valence-corrected chi connectivity index (χ4v) is 4.07. The van der Waals surface area contributed by atoms with E-state index in [0.717, 1.165) is 15.4 Å². The smallest absolute Gasteiger partial charge is 0.344 e. The van der Waals surface area contributed by atoms with Crippen molar-refractivity contribution in [2.45, 2.75) is 20.4 Å². The normalized spacial score (nSPS) is 15.4. The second kappa shape index (κ2) is 8.26.